The first-order valence-electron chi connectivity index (χ1n) is 5.54. The van der Waals surface area contributed by atoms with E-state index < -0.39 is 0 Å². The number of aryl methyl sites for hydroxylation is 1. The number of aromatic nitrogens is 1. The summed E-state index contributed by atoms with van der Waals surface area (Å²) in [4.78, 5) is 5.62. The SMILES string of the molecule is Cc1ncc(CNCC2CCSCC2)s1. The number of thiazole rings is 1. The Morgan fingerprint density at radius 1 is 1.47 bits per heavy atom. The lowest BCUT2D eigenvalue weighted by molar-refractivity contribution is 0.448. The van der Waals surface area contributed by atoms with E-state index in [0.717, 1.165) is 12.5 Å². The van der Waals surface area contributed by atoms with E-state index in [1.807, 2.05) is 6.20 Å². The largest absolute Gasteiger partial charge is 0.312 e. The molecule has 0 spiro atoms. The second-order valence-electron chi connectivity index (χ2n) is 4.03. The van der Waals surface area contributed by atoms with Gasteiger partial charge in [-0.3, -0.25) is 0 Å². The molecule has 1 fully saturated rings. The van der Waals surface area contributed by atoms with Crippen LogP contribution in [-0.4, -0.2) is 23.0 Å². The number of hydrogen-bond donors (Lipinski definition) is 1. The van der Waals surface area contributed by atoms with Crippen molar-refractivity contribution in [1.82, 2.24) is 10.3 Å². The van der Waals surface area contributed by atoms with Gasteiger partial charge in [-0.2, -0.15) is 11.8 Å². The molecular formula is C11H18N2S2. The normalized spacial score (nSPS) is 18.2. The first-order chi connectivity index (χ1) is 7.34. The lowest BCUT2D eigenvalue weighted by atomic mass is 10.0. The van der Waals surface area contributed by atoms with Crippen LogP contribution in [0.15, 0.2) is 6.20 Å². The minimum absolute atomic E-state index is 0.903. The second kappa shape index (κ2) is 5.87. The zero-order chi connectivity index (χ0) is 10.5. The molecule has 2 rings (SSSR count). The van der Waals surface area contributed by atoms with E-state index in [1.54, 1.807) is 11.3 Å². The highest BCUT2D eigenvalue weighted by Gasteiger charge is 2.12. The maximum Gasteiger partial charge on any atom is 0.0897 e. The van der Waals surface area contributed by atoms with E-state index >= 15 is 0 Å². The van der Waals surface area contributed by atoms with E-state index in [2.05, 4.69) is 29.0 Å². The van der Waals surface area contributed by atoms with Crippen LogP contribution in [-0.2, 0) is 6.54 Å². The lowest BCUT2D eigenvalue weighted by Crippen LogP contribution is -2.25. The summed E-state index contributed by atoms with van der Waals surface area (Å²) in [5, 5.41) is 4.71. The molecule has 4 heteroatoms. The zero-order valence-electron chi connectivity index (χ0n) is 9.16. The van der Waals surface area contributed by atoms with Gasteiger partial charge in [0.05, 0.1) is 5.01 Å². The van der Waals surface area contributed by atoms with Crippen molar-refractivity contribution in [2.45, 2.75) is 26.3 Å². The highest BCUT2D eigenvalue weighted by Crippen LogP contribution is 2.22. The molecule has 0 aromatic carbocycles. The predicted octanol–water partition coefficient (Wildman–Crippen LogP) is 2.68. The Morgan fingerprint density at radius 2 is 2.27 bits per heavy atom. The van der Waals surface area contributed by atoms with Crippen molar-refractivity contribution < 1.29 is 0 Å². The van der Waals surface area contributed by atoms with Crippen molar-refractivity contribution in [3.05, 3.63) is 16.1 Å². The van der Waals surface area contributed by atoms with E-state index in [9.17, 15) is 0 Å². The predicted molar refractivity (Wildman–Crippen MR) is 68.6 cm³/mol. The monoisotopic (exact) mass is 242 g/mol. The Balaban J connectivity index is 1.65. The van der Waals surface area contributed by atoms with E-state index in [0.29, 0.717) is 0 Å². The summed E-state index contributed by atoms with van der Waals surface area (Å²) in [7, 11) is 0. The summed E-state index contributed by atoms with van der Waals surface area (Å²) < 4.78 is 0. The third-order valence-corrected chi connectivity index (χ3v) is 4.70. The van der Waals surface area contributed by atoms with Crippen molar-refractivity contribution in [3.8, 4) is 0 Å². The van der Waals surface area contributed by atoms with Gasteiger partial charge in [-0.25, -0.2) is 4.98 Å². The number of nitrogens with zero attached hydrogens (tertiary/aromatic N) is 1. The Hall–Kier alpha value is -0.0600. The van der Waals surface area contributed by atoms with E-state index in [1.165, 1.54) is 40.8 Å². The fourth-order valence-corrected chi connectivity index (χ4v) is 3.81. The van der Waals surface area contributed by atoms with Crippen LogP contribution in [0, 0.1) is 12.8 Å². The minimum Gasteiger partial charge on any atom is -0.312 e. The van der Waals surface area contributed by atoms with Crippen LogP contribution >= 0.6 is 23.1 Å². The molecule has 0 saturated carbocycles. The van der Waals surface area contributed by atoms with Gasteiger partial charge in [-0.1, -0.05) is 0 Å². The topological polar surface area (TPSA) is 24.9 Å². The quantitative estimate of drug-likeness (QED) is 0.879. The van der Waals surface area contributed by atoms with Crippen LogP contribution in [0.5, 0.6) is 0 Å². The van der Waals surface area contributed by atoms with Crippen LogP contribution in [0.25, 0.3) is 0 Å². The number of rotatable bonds is 4. The van der Waals surface area contributed by atoms with Gasteiger partial charge in [0.2, 0.25) is 0 Å². The van der Waals surface area contributed by atoms with Gasteiger partial charge in [0.25, 0.3) is 0 Å². The third-order valence-electron chi connectivity index (χ3n) is 2.74. The van der Waals surface area contributed by atoms with Crippen molar-refractivity contribution in [3.63, 3.8) is 0 Å². The van der Waals surface area contributed by atoms with Crippen molar-refractivity contribution in [2.75, 3.05) is 18.1 Å². The summed E-state index contributed by atoms with van der Waals surface area (Å²) in [6, 6.07) is 0. The van der Waals surface area contributed by atoms with Crippen molar-refractivity contribution >= 4 is 23.1 Å². The molecule has 15 heavy (non-hydrogen) atoms. The zero-order valence-corrected chi connectivity index (χ0v) is 10.8. The highest BCUT2D eigenvalue weighted by molar-refractivity contribution is 7.99. The Labute approximate surface area is 99.9 Å². The van der Waals surface area contributed by atoms with Crippen LogP contribution in [0.2, 0.25) is 0 Å². The van der Waals surface area contributed by atoms with Gasteiger partial charge in [0.15, 0.2) is 0 Å². The van der Waals surface area contributed by atoms with E-state index in [4.69, 9.17) is 0 Å². The average molecular weight is 242 g/mol. The van der Waals surface area contributed by atoms with Gasteiger partial charge in [-0.15, -0.1) is 11.3 Å². The van der Waals surface area contributed by atoms with E-state index in [-0.39, 0.29) is 0 Å². The smallest absolute Gasteiger partial charge is 0.0897 e. The summed E-state index contributed by atoms with van der Waals surface area (Å²) >= 11 is 3.89. The molecule has 0 bridgehead atoms. The van der Waals surface area contributed by atoms with Crippen LogP contribution < -0.4 is 5.32 Å². The first kappa shape index (κ1) is 11.4. The maximum absolute atomic E-state index is 4.26. The molecule has 84 valence electrons. The summed E-state index contributed by atoms with van der Waals surface area (Å²) in [6.45, 7) is 4.24. The fraction of sp³-hybridized carbons (Fsp3) is 0.727. The molecule has 2 nitrogen and oxygen atoms in total. The summed E-state index contributed by atoms with van der Waals surface area (Å²) in [6.07, 6.45) is 4.77. The van der Waals surface area contributed by atoms with Gasteiger partial charge < -0.3 is 5.32 Å². The van der Waals surface area contributed by atoms with Gasteiger partial charge >= 0.3 is 0 Å². The molecule has 0 radical (unpaired) electrons. The molecule has 0 unspecified atom stereocenters. The maximum atomic E-state index is 4.26. The molecular weight excluding hydrogens is 224 g/mol. The Bertz CT molecular complexity index is 293. The molecule has 1 aliphatic heterocycles. The number of nitrogens with one attached hydrogen (secondary N) is 1. The molecule has 1 N–H and O–H groups in total. The number of thioether (sulfide) groups is 1. The van der Waals surface area contributed by atoms with Crippen LogP contribution in [0.1, 0.15) is 22.7 Å². The molecule has 0 amide bonds. The summed E-state index contributed by atoms with van der Waals surface area (Å²) in [5.41, 5.74) is 0. The molecule has 1 aromatic heterocycles. The standard InChI is InChI=1S/C11H18N2S2/c1-9-13-8-11(15-9)7-12-6-10-2-4-14-5-3-10/h8,10,12H,2-7H2,1H3. The Kier molecular flexibility index (Phi) is 4.47. The lowest BCUT2D eigenvalue weighted by Gasteiger charge is -2.21. The van der Waals surface area contributed by atoms with Crippen LogP contribution in [0.3, 0.4) is 0 Å². The molecule has 0 aliphatic carbocycles. The molecule has 1 saturated heterocycles. The van der Waals surface area contributed by atoms with Crippen LogP contribution in [0.4, 0.5) is 0 Å². The van der Waals surface area contributed by atoms with Gasteiger partial charge in [0, 0.05) is 17.6 Å². The van der Waals surface area contributed by atoms with Gasteiger partial charge in [0.1, 0.15) is 0 Å². The van der Waals surface area contributed by atoms with Crippen molar-refractivity contribution in [2.24, 2.45) is 5.92 Å². The molecule has 0 atom stereocenters. The molecule has 1 aliphatic rings. The minimum atomic E-state index is 0.903. The second-order valence-corrected chi connectivity index (χ2v) is 6.58. The number of hydrogen-bond acceptors (Lipinski definition) is 4. The average Bonchev–Trinajstić information content (AvgIpc) is 2.66. The highest BCUT2D eigenvalue weighted by atomic mass is 32.2. The Morgan fingerprint density at radius 3 is 2.93 bits per heavy atom. The van der Waals surface area contributed by atoms with Crippen molar-refractivity contribution in [1.29, 1.82) is 0 Å². The third kappa shape index (κ3) is 3.78. The fourth-order valence-electron chi connectivity index (χ4n) is 1.84. The molecule has 2 heterocycles. The first-order valence-corrected chi connectivity index (χ1v) is 7.51. The van der Waals surface area contributed by atoms with Gasteiger partial charge in [-0.05, 0) is 43.7 Å². The molecule has 1 aromatic rings. The summed E-state index contributed by atoms with van der Waals surface area (Å²) in [5.74, 6) is 3.61.